The quantitative estimate of drug-likeness (QED) is 0.644. The molecule has 23 heavy (non-hydrogen) atoms. The minimum absolute atomic E-state index is 0.472. The predicted molar refractivity (Wildman–Crippen MR) is 83.4 cm³/mol. The molecule has 5 nitrogen and oxygen atoms in total. The lowest BCUT2D eigenvalue weighted by Crippen LogP contribution is -2.39. The van der Waals surface area contributed by atoms with E-state index in [0.717, 1.165) is 5.56 Å². The first-order valence-corrected chi connectivity index (χ1v) is 7.78. The van der Waals surface area contributed by atoms with Gasteiger partial charge in [-0.1, -0.05) is 37.3 Å². The van der Waals surface area contributed by atoms with E-state index in [-0.39, 0.29) is 0 Å². The van der Waals surface area contributed by atoms with E-state index in [4.69, 9.17) is 4.74 Å². The Morgan fingerprint density at radius 1 is 1.22 bits per heavy atom. The number of carboxylic acids is 1. The Hall–Kier alpha value is -2.17. The van der Waals surface area contributed by atoms with Gasteiger partial charge in [0.05, 0.1) is 17.3 Å². The van der Waals surface area contributed by atoms with Crippen molar-refractivity contribution in [3.05, 3.63) is 35.9 Å². The van der Waals surface area contributed by atoms with E-state index in [1.165, 1.54) is 0 Å². The summed E-state index contributed by atoms with van der Waals surface area (Å²) in [6, 6.07) is 9.67. The molecule has 1 saturated heterocycles. The van der Waals surface area contributed by atoms with Crippen molar-refractivity contribution in [2.24, 2.45) is 23.2 Å². The van der Waals surface area contributed by atoms with Gasteiger partial charge in [0.25, 0.3) is 0 Å². The van der Waals surface area contributed by atoms with Crippen LogP contribution in [0.1, 0.15) is 32.8 Å². The summed E-state index contributed by atoms with van der Waals surface area (Å²) in [4.78, 5) is 35.6. The number of hydrogen-bond donors (Lipinski definition) is 1. The molecule has 0 aliphatic carbocycles. The minimum Gasteiger partial charge on any atom is -0.481 e. The van der Waals surface area contributed by atoms with Crippen molar-refractivity contribution in [3.8, 4) is 0 Å². The van der Waals surface area contributed by atoms with Crippen molar-refractivity contribution < 1.29 is 24.2 Å². The lowest BCUT2D eigenvalue weighted by atomic mass is 9.68. The molecule has 1 N–H and O–H groups in total. The number of carbonyl (C=O) groups excluding carboxylic acids is 2. The third-order valence-corrected chi connectivity index (χ3v) is 5.02. The predicted octanol–water partition coefficient (Wildman–Crippen LogP) is 2.68. The van der Waals surface area contributed by atoms with Gasteiger partial charge < -0.3 is 9.84 Å². The summed E-state index contributed by atoms with van der Waals surface area (Å²) in [6.45, 7) is 4.85. The Balaban J connectivity index is 2.17. The highest BCUT2D eigenvalue weighted by Crippen LogP contribution is 2.41. The number of hydrogen-bond acceptors (Lipinski definition) is 4. The summed E-state index contributed by atoms with van der Waals surface area (Å²) in [5.74, 6) is -3.92. The number of carbonyl (C=O) groups is 3. The molecule has 1 fully saturated rings. The lowest BCUT2D eigenvalue weighted by Gasteiger charge is -2.32. The van der Waals surface area contributed by atoms with Crippen LogP contribution >= 0.6 is 0 Å². The van der Waals surface area contributed by atoms with Crippen LogP contribution in [-0.2, 0) is 25.5 Å². The van der Waals surface area contributed by atoms with E-state index in [1.807, 2.05) is 30.3 Å². The third-order valence-electron chi connectivity index (χ3n) is 5.02. The zero-order valence-electron chi connectivity index (χ0n) is 13.6. The van der Waals surface area contributed by atoms with Crippen LogP contribution in [0.15, 0.2) is 30.3 Å². The largest absolute Gasteiger partial charge is 0.481 e. The van der Waals surface area contributed by atoms with Crippen LogP contribution in [0, 0.1) is 23.2 Å². The highest BCUT2D eigenvalue weighted by molar-refractivity contribution is 5.97. The number of carboxylic acid groups (broad SMARTS) is 1. The fourth-order valence-corrected chi connectivity index (χ4v) is 3.01. The topological polar surface area (TPSA) is 80.7 Å². The Labute approximate surface area is 135 Å². The summed E-state index contributed by atoms with van der Waals surface area (Å²) in [7, 11) is 0. The maximum atomic E-state index is 12.1. The Morgan fingerprint density at radius 2 is 1.83 bits per heavy atom. The molecule has 1 heterocycles. The van der Waals surface area contributed by atoms with Crippen molar-refractivity contribution in [1.29, 1.82) is 0 Å². The standard InChI is InChI=1S/C18H22O5/c1-11(18(2,3)17(21)22)14-13(15(19)23-16(14)20)10-9-12-7-5-4-6-8-12/h4-8,11,13-14H,9-10H2,1-3H3,(H,21,22). The molecular weight excluding hydrogens is 296 g/mol. The number of ether oxygens (including phenoxy) is 1. The van der Waals surface area contributed by atoms with Crippen molar-refractivity contribution in [3.63, 3.8) is 0 Å². The van der Waals surface area contributed by atoms with Gasteiger partial charge in [-0.2, -0.15) is 0 Å². The molecular formula is C18H22O5. The molecule has 0 radical (unpaired) electrons. The maximum Gasteiger partial charge on any atom is 0.317 e. The Morgan fingerprint density at radius 3 is 2.39 bits per heavy atom. The van der Waals surface area contributed by atoms with Gasteiger partial charge in [-0.05, 0) is 38.2 Å². The number of aryl methyl sites for hydroxylation is 1. The first kappa shape index (κ1) is 17.2. The van der Waals surface area contributed by atoms with Gasteiger partial charge in [-0.3, -0.25) is 14.4 Å². The number of aliphatic carboxylic acids is 1. The molecule has 0 bridgehead atoms. The average Bonchev–Trinajstić information content (AvgIpc) is 2.78. The fourth-order valence-electron chi connectivity index (χ4n) is 3.01. The third kappa shape index (κ3) is 3.44. The van der Waals surface area contributed by atoms with Gasteiger partial charge in [0, 0.05) is 0 Å². The van der Waals surface area contributed by atoms with Gasteiger partial charge in [0.15, 0.2) is 0 Å². The molecule has 3 unspecified atom stereocenters. The first-order valence-electron chi connectivity index (χ1n) is 7.78. The molecule has 1 aromatic rings. The van der Waals surface area contributed by atoms with Gasteiger partial charge in [0.2, 0.25) is 0 Å². The fraction of sp³-hybridized carbons (Fsp3) is 0.500. The van der Waals surface area contributed by atoms with Crippen LogP contribution in [-0.4, -0.2) is 23.0 Å². The average molecular weight is 318 g/mol. The highest BCUT2D eigenvalue weighted by Gasteiger charge is 2.52. The van der Waals surface area contributed by atoms with Crippen LogP contribution in [0.4, 0.5) is 0 Å². The minimum atomic E-state index is -1.11. The van der Waals surface area contributed by atoms with Crippen LogP contribution in [0.3, 0.4) is 0 Å². The molecule has 3 atom stereocenters. The molecule has 0 aromatic heterocycles. The smallest absolute Gasteiger partial charge is 0.317 e. The molecule has 124 valence electrons. The summed E-state index contributed by atoms with van der Waals surface area (Å²) < 4.78 is 4.80. The summed E-state index contributed by atoms with van der Waals surface area (Å²) in [5.41, 5.74) is -0.0391. The molecule has 0 amide bonds. The van der Waals surface area contributed by atoms with E-state index in [9.17, 15) is 19.5 Å². The molecule has 1 aliphatic rings. The van der Waals surface area contributed by atoms with Crippen molar-refractivity contribution >= 4 is 17.9 Å². The lowest BCUT2D eigenvalue weighted by molar-refractivity contribution is -0.155. The van der Waals surface area contributed by atoms with E-state index < -0.39 is 41.1 Å². The SMILES string of the molecule is CC(C1C(=O)OC(=O)C1CCc1ccccc1)C(C)(C)C(=O)O. The van der Waals surface area contributed by atoms with Crippen LogP contribution < -0.4 is 0 Å². The molecule has 2 rings (SSSR count). The summed E-state index contributed by atoms with van der Waals surface area (Å²) in [6.07, 6.45) is 1.11. The van der Waals surface area contributed by atoms with E-state index >= 15 is 0 Å². The van der Waals surface area contributed by atoms with E-state index in [0.29, 0.717) is 12.8 Å². The Bertz CT molecular complexity index is 605. The second-order valence-corrected chi connectivity index (χ2v) is 6.71. The number of rotatable bonds is 6. The highest BCUT2D eigenvalue weighted by atomic mass is 16.6. The Kier molecular flexibility index (Phi) is 4.88. The van der Waals surface area contributed by atoms with Crippen molar-refractivity contribution in [1.82, 2.24) is 0 Å². The molecule has 0 saturated carbocycles. The number of cyclic esters (lactones) is 2. The first-order chi connectivity index (χ1) is 10.7. The summed E-state index contributed by atoms with van der Waals surface area (Å²) in [5, 5.41) is 9.38. The van der Waals surface area contributed by atoms with Crippen LogP contribution in [0.2, 0.25) is 0 Å². The normalized spacial score (nSPS) is 22.7. The number of benzene rings is 1. The second kappa shape index (κ2) is 6.52. The van der Waals surface area contributed by atoms with E-state index in [2.05, 4.69) is 0 Å². The second-order valence-electron chi connectivity index (χ2n) is 6.71. The monoisotopic (exact) mass is 318 g/mol. The zero-order chi connectivity index (χ0) is 17.2. The molecule has 5 heteroatoms. The molecule has 1 aliphatic heterocycles. The molecule has 1 aromatic carbocycles. The van der Waals surface area contributed by atoms with Gasteiger partial charge >= 0.3 is 17.9 Å². The number of esters is 2. The zero-order valence-corrected chi connectivity index (χ0v) is 13.6. The van der Waals surface area contributed by atoms with Gasteiger partial charge in [-0.25, -0.2) is 0 Å². The maximum absolute atomic E-state index is 12.1. The van der Waals surface area contributed by atoms with E-state index in [1.54, 1.807) is 20.8 Å². The van der Waals surface area contributed by atoms with Crippen molar-refractivity contribution in [2.45, 2.75) is 33.6 Å². The van der Waals surface area contributed by atoms with Crippen LogP contribution in [0.25, 0.3) is 0 Å². The molecule has 0 spiro atoms. The summed E-state index contributed by atoms with van der Waals surface area (Å²) >= 11 is 0. The van der Waals surface area contributed by atoms with Gasteiger partial charge in [0.1, 0.15) is 0 Å². The van der Waals surface area contributed by atoms with Gasteiger partial charge in [-0.15, -0.1) is 0 Å². The van der Waals surface area contributed by atoms with Crippen molar-refractivity contribution in [2.75, 3.05) is 0 Å². The van der Waals surface area contributed by atoms with Crippen LogP contribution in [0.5, 0.6) is 0 Å².